The van der Waals surface area contributed by atoms with Gasteiger partial charge in [0.05, 0.1) is 50.5 Å². The lowest BCUT2D eigenvalue weighted by Gasteiger charge is -2.40. The summed E-state index contributed by atoms with van der Waals surface area (Å²) in [4.78, 5) is 15.4. The Kier molecular flexibility index (Phi) is 10.2. The Balaban J connectivity index is 1.24. The van der Waals surface area contributed by atoms with E-state index in [9.17, 15) is 18.0 Å². The highest BCUT2D eigenvalue weighted by atomic mass is 35.5. The number of ether oxygens (including phenoxy) is 4. The number of nitrogens with zero attached hydrogens (tertiary/aromatic N) is 3. The van der Waals surface area contributed by atoms with Gasteiger partial charge in [-0.1, -0.05) is 18.5 Å². The monoisotopic (exact) mass is 614 g/mol. The fraction of sp³-hybridized carbons (Fsp3) is 0.655. The summed E-state index contributed by atoms with van der Waals surface area (Å²) >= 11 is 6.51. The van der Waals surface area contributed by atoms with Crippen molar-refractivity contribution in [3.8, 4) is 5.75 Å². The third-order valence-corrected chi connectivity index (χ3v) is 8.86. The zero-order valence-electron chi connectivity index (χ0n) is 23.7. The van der Waals surface area contributed by atoms with Gasteiger partial charge in [-0.2, -0.15) is 5.10 Å². The number of nitrogens with one attached hydrogen (secondary N) is 1. The summed E-state index contributed by atoms with van der Waals surface area (Å²) in [5.74, 6) is 0.597. The van der Waals surface area contributed by atoms with Crippen molar-refractivity contribution < 1.29 is 32.1 Å². The molecule has 1 aromatic carbocycles. The largest absolute Gasteiger partial charge is 0.573 e. The minimum absolute atomic E-state index is 0.0907. The zero-order valence-corrected chi connectivity index (χ0v) is 24.4. The van der Waals surface area contributed by atoms with Gasteiger partial charge in [-0.3, -0.25) is 4.79 Å². The van der Waals surface area contributed by atoms with Gasteiger partial charge in [0.25, 0.3) is 5.56 Å². The molecule has 3 heterocycles. The van der Waals surface area contributed by atoms with Crippen LogP contribution in [0.1, 0.15) is 45.1 Å². The van der Waals surface area contributed by atoms with Gasteiger partial charge >= 0.3 is 6.36 Å². The van der Waals surface area contributed by atoms with E-state index in [0.29, 0.717) is 69.9 Å². The molecule has 1 aromatic heterocycles. The number of alkyl halides is 3. The first-order valence-corrected chi connectivity index (χ1v) is 15.0. The molecule has 0 bridgehead atoms. The van der Waals surface area contributed by atoms with Crippen LogP contribution in [0.15, 0.2) is 35.3 Å². The van der Waals surface area contributed by atoms with E-state index < -0.39 is 6.36 Å². The highest BCUT2D eigenvalue weighted by Gasteiger charge is 2.33. The maximum Gasteiger partial charge on any atom is 0.573 e. The topological polar surface area (TPSA) is 87.1 Å². The van der Waals surface area contributed by atoms with Crippen molar-refractivity contribution in [3.05, 3.63) is 45.8 Å². The van der Waals surface area contributed by atoms with Gasteiger partial charge in [0.1, 0.15) is 10.8 Å². The Morgan fingerprint density at radius 3 is 2.48 bits per heavy atom. The molecule has 0 unspecified atom stereocenters. The van der Waals surface area contributed by atoms with Crippen molar-refractivity contribution >= 4 is 23.0 Å². The van der Waals surface area contributed by atoms with E-state index in [1.165, 1.54) is 16.8 Å². The zero-order chi connectivity index (χ0) is 29.7. The average molecular weight is 615 g/mol. The van der Waals surface area contributed by atoms with Gasteiger partial charge in [0.2, 0.25) is 0 Å². The molecule has 3 atom stereocenters. The molecule has 2 aromatic rings. The quantitative estimate of drug-likeness (QED) is 0.408. The summed E-state index contributed by atoms with van der Waals surface area (Å²) in [6.45, 7) is 6.35. The van der Waals surface area contributed by atoms with Crippen molar-refractivity contribution in [2.45, 2.75) is 63.6 Å². The van der Waals surface area contributed by atoms with Crippen molar-refractivity contribution in [1.82, 2.24) is 9.78 Å². The van der Waals surface area contributed by atoms with Crippen LogP contribution in [0.3, 0.4) is 0 Å². The van der Waals surface area contributed by atoms with E-state index in [-0.39, 0.29) is 34.5 Å². The molecule has 42 heavy (non-hydrogen) atoms. The average Bonchev–Trinajstić information content (AvgIpc) is 2.98. The molecule has 1 aliphatic carbocycles. The highest BCUT2D eigenvalue weighted by molar-refractivity contribution is 6.32. The second-order valence-corrected chi connectivity index (χ2v) is 11.7. The molecule has 2 saturated heterocycles. The maximum atomic E-state index is 13.2. The standard InChI is InChI=1S/C29H38ClF3N4O5/c1-19-10-11-39-17-20(19)14-34-26-15-35-37(28(38)27(26)30)23-4-2-21(3-5-23)36(16-25-18-40-12-13-41-25)22-6-8-24(9-7-22)42-29(31,32)33/h6-9,15,19-21,23,25,34H,2-5,10-14,16-18H2,1H3/t19-,20-,21-,23-,25-/m1/s1. The predicted molar refractivity (Wildman–Crippen MR) is 152 cm³/mol. The van der Waals surface area contributed by atoms with Gasteiger partial charge in [0.15, 0.2) is 0 Å². The van der Waals surface area contributed by atoms with Gasteiger partial charge in [0, 0.05) is 37.3 Å². The van der Waals surface area contributed by atoms with Crippen LogP contribution >= 0.6 is 11.6 Å². The maximum absolute atomic E-state index is 13.2. The van der Waals surface area contributed by atoms with E-state index in [4.69, 9.17) is 25.8 Å². The fourth-order valence-electron chi connectivity index (χ4n) is 6.01. The van der Waals surface area contributed by atoms with Crippen LogP contribution in [0.2, 0.25) is 5.02 Å². The van der Waals surface area contributed by atoms with E-state index in [0.717, 1.165) is 31.6 Å². The molecular weight excluding hydrogens is 577 g/mol. The summed E-state index contributed by atoms with van der Waals surface area (Å²) in [5.41, 5.74) is 0.986. The molecule has 2 aliphatic heterocycles. The molecule has 232 valence electrons. The minimum Gasteiger partial charge on any atom is -0.406 e. The Hall–Kier alpha value is -2.54. The lowest BCUT2D eigenvalue weighted by atomic mass is 9.89. The molecule has 13 heteroatoms. The molecule has 3 fully saturated rings. The Morgan fingerprint density at radius 2 is 1.81 bits per heavy atom. The molecule has 3 aliphatic rings. The van der Waals surface area contributed by atoms with Crippen LogP contribution in [0.4, 0.5) is 24.5 Å². The van der Waals surface area contributed by atoms with Crippen molar-refractivity contribution in [2.24, 2.45) is 11.8 Å². The van der Waals surface area contributed by atoms with Crippen LogP contribution in [0.25, 0.3) is 0 Å². The molecule has 5 rings (SSSR count). The van der Waals surface area contributed by atoms with Crippen molar-refractivity contribution in [3.63, 3.8) is 0 Å². The summed E-state index contributed by atoms with van der Waals surface area (Å²) in [7, 11) is 0. The van der Waals surface area contributed by atoms with Crippen LogP contribution < -0.4 is 20.5 Å². The molecule has 0 amide bonds. The number of anilines is 2. The number of aromatic nitrogens is 2. The SMILES string of the molecule is C[C@@H]1CCOC[C@H]1CNc1cnn([C@H]2CC[C@H](N(C[C@@H]3COCCO3)c3ccc(OC(F)(F)F)cc3)CC2)c(=O)c1Cl. The third-order valence-electron chi connectivity index (χ3n) is 8.49. The number of rotatable bonds is 9. The molecule has 0 spiro atoms. The Morgan fingerprint density at radius 1 is 1.07 bits per heavy atom. The predicted octanol–water partition coefficient (Wildman–Crippen LogP) is 5.29. The van der Waals surface area contributed by atoms with Crippen LogP contribution in [-0.2, 0) is 14.2 Å². The number of hydrogen-bond donors (Lipinski definition) is 1. The molecule has 1 N–H and O–H groups in total. The summed E-state index contributed by atoms with van der Waals surface area (Å²) in [5, 5.41) is 7.90. The fourth-order valence-corrected chi connectivity index (χ4v) is 6.22. The molecule has 9 nitrogen and oxygen atoms in total. The lowest BCUT2D eigenvalue weighted by molar-refractivity contribution is -0.274. The lowest BCUT2D eigenvalue weighted by Crippen LogP contribution is -2.46. The van der Waals surface area contributed by atoms with Gasteiger partial charge in [-0.25, -0.2) is 4.68 Å². The molecular formula is C29H38ClF3N4O5. The first kappa shape index (κ1) is 30.9. The van der Waals surface area contributed by atoms with E-state index in [1.54, 1.807) is 18.3 Å². The number of halogens is 4. The first-order valence-electron chi connectivity index (χ1n) is 14.6. The van der Waals surface area contributed by atoms with Crippen molar-refractivity contribution in [2.75, 3.05) is 56.3 Å². The van der Waals surface area contributed by atoms with Gasteiger partial charge in [-0.15, -0.1) is 13.2 Å². The van der Waals surface area contributed by atoms with Crippen molar-refractivity contribution in [1.29, 1.82) is 0 Å². The first-order chi connectivity index (χ1) is 20.2. The highest BCUT2D eigenvalue weighted by Crippen LogP contribution is 2.35. The third kappa shape index (κ3) is 7.89. The van der Waals surface area contributed by atoms with Crippen LogP contribution in [0.5, 0.6) is 5.75 Å². The van der Waals surface area contributed by atoms with Crippen LogP contribution in [0, 0.1) is 11.8 Å². The molecule has 1 saturated carbocycles. The molecule has 0 radical (unpaired) electrons. The van der Waals surface area contributed by atoms with E-state index in [2.05, 4.69) is 27.0 Å². The summed E-state index contributed by atoms with van der Waals surface area (Å²) in [6.07, 6.45) is 0.638. The summed E-state index contributed by atoms with van der Waals surface area (Å²) in [6, 6.07) is 5.90. The van der Waals surface area contributed by atoms with Crippen LogP contribution in [-0.4, -0.2) is 74.4 Å². The number of benzene rings is 1. The second-order valence-electron chi connectivity index (χ2n) is 11.3. The second kappa shape index (κ2) is 13.8. The summed E-state index contributed by atoms with van der Waals surface area (Å²) < 4.78 is 60.6. The smallest absolute Gasteiger partial charge is 0.406 e. The minimum atomic E-state index is -4.75. The number of hydrogen-bond acceptors (Lipinski definition) is 8. The van der Waals surface area contributed by atoms with E-state index in [1.807, 2.05) is 0 Å². The normalized spacial score (nSPS) is 26.9. The van der Waals surface area contributed by atoms with E-state index >= 15 is 0 Å². The Labute approximate surface area is 248 Å². The van der Waals surface area contributed by atoms with Gasteiger partial charge in [-0.05, 0) is 62.3 Å². The van der Waals surface area contributed by atoms with Gasteiger partial charge < -0.3 is 29.2 Å². The Bertz CT molecular complexity index is 1220.